The lowest BCUT2D eigenvalue weighted by Crippen LogP contribution is -2.43. The average Bonchev–Trinajstić information content (AvgIpc) is 3.10. The molecule has 2 fully saturated rings. The first-order valence-electron chi connectivity index (χ1n) is 6.81. The van der Waals surface area contributed by atoms with Gasteiger partial charge in [0.2, 0.25) is 5.91 Å². The van der Waals surface area contributed by atoms with Gasteiger partial charge in [-0.25, -0.2) is 8.42 Å². The molecule has 2 aliphatic rings. The van der Waals surface area contributed by atoms with Crippen LogP contribution in [-0.4, -0.2) is 67.0 Å². The molecule has 1 atom stereocenters. The average molecular weight is 304 g/mol. The van der Waals surface area contributed by atoms with E-state index >= 15 is 0 Å². The molecule has 8 heteroatoms. The number of nitrogens with one attached hydrogen (secondary N) is 1. The van der Waals surface area contributed by atoms with Gasteiger partial charge in [0, 0.05) is 18.6 Å². The number of amides is 1. The number of carbonyl (C=O) groups is 2. The molecule has 1 unspecified atom stereocenters. The topological polar surface area (TPSA) is 104 Å². The molecule has 1 heterocycles. The molecule has 1 saturated heterocycles. The van der Waals surface area contributed by atoms with Gasteiger partial charge >= 0.3 is 5.97 Å². The molecule has 1 amide bonds. The van der Waals surface area contributed by atoms with Crippen LogP contribution in [0.1, 0.15) is 25.7 Å². The Morgan fingerprint density at radius 2 is 1.95 bits per heavy atom. The van der Waals surface area contributed by atoms with E-state index in [1.54, 1.807) is 0 Å². The Kier molecular flexibility index (Phi) is 4.64. The molecule has 1 saturated carbocycles. The Hall–Kier alpha value is -1.15. The van der Waals surface area contributed by atoms with E-state index in [1.165, 1.54) is 0 Å². The lowest BCUT2D eigenvalue weighted by atomic mass is 10.2. The Bertz CT molecular complexity index is 486. The first-order valence-corrected chi connectivity index (χ1v) is 8.63. The molecule has 0 aromatic carbocycles. The minimum Gasteiger partial charge on any atom is -0.481 e. The lowest BCUT2D eigenvalue weighted by Gasteiger charge is -2.21. The van der Waals surface area contributed by atoms with Gasteiger partial charge < -0.3 is 10.4 Å². The van der Waals surface area contributed by atoms with Crippen molar-refractivity contribution in [2.24, 2.45) is 0 Å². The Balaban J connectivity index is 1.78. The number of sulfone groups is 1. The third-order valence-corrected chi connectivity index (χ3v) is 5.39. The SMILES string of the molecule is O=C(O)CCN(CC(=O)NC1CCS(=O)(=O)C1)C1CC1. The van der Waals surface area contributed by atoms with Gasteiger partial charge in [-0.15, -0.1) is 0 Å². The van der Waals surface area contributed by atoms with Gasteiger partial charge in [-0.1, -0.05) is 0 Å². The molecule has 1 aliphatic heterocycles. The van der Waals surface area contributed by atoms with Crippen molar-refractivity contribution in [1.29, 1.82) is 0 Å². The minimum absolute atomic E-state index is 0.0112. The Morgan fingerprint density at radius 3 is 2.45 bits per heavy atom. The van der Waals surface area contributed by atoms with E-state index in [9.17, 15) is 18.0 Å². The fourth-order valence-electron chi connectivity index (χ4n) is 2.44. The first-order chi connectivity index (χ1) is 9.35. The molecule has 0 aromatic heterocycles. The second kappa shape index (κ2) is 6.09. The van der Waals surface area contributed by atoms with Gasteiger partial charge in [-0.05, 0) is 19.3 Å². The monoisotopic (exact) mass is 304 g/mol. The Labute approximate surface area is 118 Å². The number of aliphatic carboxylic acids is 1. The van der Waals surface area contributed by atoms with Gasteiger partial charge in [-0.3, -0.25) is 14.5 Å². The van der Waals surface area contributed by atoms with Crippen molar-refractivity contribution >= 4 is 21.7 Å². The largest absolute Gasteiger partial charge is 0.481 e. The summed E-state index contributed by atoms with van der Waals surface area (Å²) < 4.78 is 22.6. The summed E-state index contributed by atoms with van der Waals surface area (Å²) in [5.41, 5.74) is 0. The van der Waals surface area contributed by atoms with E-state index < -0.39 is 15.8 Å². The van der Waals surface area contributed by atoms with Crippen molar-refractivity contribution in [3.8, 4) is 0 Å². The van der Waals surface area contributed by atoms with Crippen molar-refractivity contribution < 1.29 is 23.1 Å². The molecule has 0 radical (unpaired) electrons. The molecule has 1 aliphatic carbocycles. The second-order valence-electron chi connectivity index (χ2n) is 5.51. The molecular weight excluding hydrogens is 284 g/mol. The van der Waals surface area contributed by atoms with Crippen molar-refractivity contribution in [2.75, 3.05) is 24.6 Å². The quantitative estimate of drug-likeness (QED) is 0.640. The van der Waals surface area contributed by atoms with Gasteiger partial charge in [0.15, 0.2) is 9.84 Å². The molecule has 2 rings (SSSR count). The van der Waals surface area contributed by atoms with Crippen LogP contribution in [0.2, 0.25) is 0 Å². The highest BCUT2D eigenvalue weighted by molar-refractivity contribution is 7.91. The molecule has 7 nitrogen and oxygen atoms in total. The number of rotatable bonds is 7. The molecule has 20 heavy (non-hydrogen) atoms. The summed E-state index contributed by atoms with van der Waals surface area (Å²) in [6, 6.07) is 0.000405. The van der Waals surface area contributed by atoms with Crippen molar-refractivity contribution in [2.45, 2.75) is 37.8 Å². The summed E-state index contributed by atoms with van der Waals surface area (Å²) in [6.45, 7) is 0.505. The number of nitrogens with zero attached hydrogens (tertiary/aromatic N) is 1. The standard InChI is InChI=1S/C12H20N2O5S/c15-11(13-9-4-6-20(18,19)8-9)7-14(10-1-2-10)5-3-12(16)17/h9-10H,1-8H2,(H,13,15)(H,16,17). The van der Waals surface area contributed by atoms with E-state index in [0.29, 0.717) is 19.0 Å². The summed E-state index contributed by atoms with van der Waals surface area (Å²) >= 11 is 0. The number of hydrogen-bond acceptors (Lipinski definition) is 5. The van der Waals surface area contributed by atoms with Crippen LogP contribution in [0, 0.1) is 0 Å². The van der Waals surface area contributed by atoms with Gasteiger partial charge in [0.25, 0.3) is 0 Å². The van der Waals surface area contributed by atoms with Gasteiger partial charge in [0.1, 0.15) is 0 Å². The first kappa shape index (κ1) is 15.2. The highest BCUT2D eigenvalue weighted by atomic mass is 32.2. The maximum atomic E-state index is 11.9. The van der Waals surface area contributed by atoms with E-state index in [-0.39, 0.29) is 36.4 Å². The maximum Gasteiger partial charge on any atom is 0.304 e. The van der Waals surface area contributed by atoms with Gasteiger partial charge in [0.05, 0.1) is 24.5 Å². The number of hydrogen-bond donors (Lipinski definition) is 2. The number of carboxylic acid groups (broad SMARTS) is 1. The predicted octanol–water partition coefficient (Wildman–Crippen LogP) is -0.771. The fourth-order valence-corrected chi connectivity index (χ4v) is 4.11. The summed E-state index contributed by atoms with van der Waals surface area (Å²) in [5.74, 6) is -0.956. The third-order valence-electron chi connectivity index (χ3n) is 3.62. The van der Waals surface area contributed by atoms with Crippen LogP contribution in [0.3, 0.4) is 0 Å². The summed E-state index contributed by atoms with van der Waals surface area (Å²) in [6.07, 6.45) is 2.46. The molecular formula is C12H20N2O5S. The molecule has 114 valence electrons. The summed E-state index contributed by atoms with van der Waals surface area (Å²) in [5, 5.41) is 11.4. The molecule has 0 bridgehead atoms. The van der Waals surface area contributed by atoms with Crippen molar-refractivity contribution in [1.82, 2.24) is 10.2 Å². The zero-order valence-electron chi connectivity index (χ0n) is 11.2. The van der Waals surface area contributed by atoms with Crippen LogP contribution < -0.4 is 5.32 Å². The van der Waals surface area contributed by atoms with Crippen LogP contribution in [0.5, 0.6) is 0 Å². The normalized spacial score (nSPS) is 24.8. The van der Waals surface area contributed by atoms with Crippen molar-refractivity contribution in [3.63, 3.8) is 0 Å². The zero-order chi connectivity index (χ0) is 14.8. The fraction of sp³-hybridized carbons (Fsp3) is 0.833. The van der Waals surface area contributed by atoms with Gasteiger partial charge in [-0.2, -0.15) is 0 Å². The molecule has 2 N–H and O–H groups in total. The van der Waals surface area contributed by atoms with Crippen LogP contribution in [0.15, 0.2) is 0 Å². The highest BCUT2D eigenvalue weighted by Gasteiger charge is 2.32. The maximum absolute atomic E-state index is 11.9. The summed E-state index contributed by atoms with van der Waals surface area (Å²) in [4.78, 5) is 24.4. The predicted molar refractivity (Wildman–Crippen MR) is 72.0 cm³/mol. The van der Waals surface area contributed by atoms with E-state index in [2.05, 4.69) is 5.32 Å². The lowest BCUT2D eigenvalue weighted by molar-refractivity contribution is -0.137. The minimum atomic E-state index is -3.00. The second-order valence-corrected chi connectivity index (χ2v) is 7.74. The smallest absolute Gasteiger partial charge is 0.304 e. The third kappa shape index (κ3) is 4.75. The van der Waals surface area contributed by atoms with Crippen molar-refractivity contribution in [3.05, 3.63) is 0 Å². The summed E-state index contributed by atoms with van der Waals surface area (Å²) in [7, 11) is -3.00. The zero-order valence-corrected chi connectivity index (χ0v) is 12.1. The number of carbonyl (C=O) groups excluding carboxylic acids is 1. The highest BCUT2D eigenvalue weighted by Crippen LogP contribution is 2.26. The van der Waals surface area contributed by atoms with E-state index in [4.69, 9.17) is 5.11 Å². The van der Waals surface area contributed by atoms with E-state index in [0.717, 1.165) is 12.8 Å². The Morgan fingerprint density at radius 1 is 1.25 bits per heavy atom. The molecule has 0 aromatic rings. The van der Waals surface area contributed by atoms with Crippen LogP contribution >= 0.6 is 0 Å². The number of carboxylic acids is 1. The van der Waals surface area contributed by atoms with Crippen LogP contribution in [-0.2, 0) is 19.4 Å². The van der Waals surface area contributed by atoms with Crippen LogP contribution in [0.25, 0.3) is 0 Å². The van der Waals surface area contributed by atoms with Crippen LogP contribution in [0.4, 0.5) is 0 Å². The molecule has 0 spiro atoms. The van der Waals surface area contributed by atoms with E-state index in [1.807, 2.05) is 4.90 Å².